The minimum absolute atomic E-state index is 0.202. The highest BCUT2D eigenvalue weighted by molar-refractivity contribution is 7.16. The Morgan fingerprint density at radius 3 is 2.20 bits per heavy atom. The van der Waals surface area contributed by atoms with Crippen LogP contribution in [0.2, 0.25) is 0 Å². The largest absolute Gasteiger partial charge is 0.444 e. The summed E-state index contributed by atoms with van der Waals surface area (Å²) in [5.41, 5.74) is 2.40. The lowest BCUT2D eigenvalue weighted by atomic mass is 10.00. The van der Waals surface area contributed by atoms with Crippen LogP contribution >= 0.6 is 11.3 Å². The molecule has 7 nitrogen and oxygen atoms in total. The fourth-order valence-electron chi connectivity index (χ4n) is 3.44. The molecule has 2 amide bonds. The third kappa shape index (κ3) is 5.22. The Morgan fingerprint density at radius 2 is 1.60 bits per heavy atom. The summed E-state index contributed by atoms with van der Waals surface area (Å²) < 4.78 is 12.4. The van der Waals surface area contributed by atoms with Crippen LogP contribution in [0.4, 0.5) is 9.59 Å². The molecule has 1 aliphatic rings. The highest BCUT2D eigenvalue weighted by Crippen LogP contribution is 2.32. The van der Waals surface area contributed by atoms with E-state index < -0.39 is 11.2 Å². The fourth-order valence-corrected chi connectivity index (χ4v) is 4.10. The second-order valence-corrected chi connectivity index (χ2v) is 10.6. The van der Waals surface area contributed by atoms with Crippen molar-refractivity contribution in [2.75, 3.05) is 13.1 Å². The Labute approximate surface area is 182 Å². The van der Waals surface area contributed by atoms with Crippen molar-refractivity contribution in [3.8, 4) is 0 Å². The normalized spacial score (nSPS) is 20.4. The van der Waals surface area contributed by atoms with Crippen molar-refractivity contribution in [1.29, 1.82) is 0 Å². The third-order valence-corrected chi connectivity index (χ3v) is 5.54. The van der Waals surface area contributed by atoms with Gasteiger partial charge in [-0.15, -0.1) is 11.3 Å². The first-order valence-corrected chi connectivity index (χ1v) is 11.0. The topological polar surface area (TPSA) is 72.0 Å². The molecule has 0 spiro atoms. The van der Waals surface area contributed by atoms with E-state index in [1.807, 2.05) is 66.7 Å². The molecule has 0 N–H and O–H groups in total. The highest BCUT2D eigenvalue weighted by atomic mass is 32.1. The van der Waals surface area contributed by atoms with E-state index in [2.05, 4.69) is 4.98 Å². The molecule has 0 bridgehead atoms. The number of thiazole rings is 1. The van der Waals surface area contributed by atoms with Crippen molar-refractivity contribution >= 4 is 33.7 Å². The lowest BCUT2D eigenvalue weighted by Crippen LogP contribution is -2.58. The van der Waals surface area contributed by atoms with Gasteiger partial charge < -0.3 is 14.4 Å². The minimum atomic E-state index is -0.605. The monoisotopic (exact) mass is 433 g/mol. The van der Waals surface area contributed by atoms with Crippen molar-refractivity contribution < 1.29 is 19.1 Å². The fraction of sp³-hybridized carbons (Fsp3) is 0.591. The highest BCUT2D eigenvalue weighted by Gasteiger charge is 2.40. The maximum atomic E-state index is 13.0. The maximum absolute atomic E-state index is 13.0. The second-order valence-electron chi connectivity index (χ2n) is 9.71. The van der Waals surface area contributed by atoms with Crippen LogP contribution in [-0.4, -0.2) is 57.3 Å². The predicted octanol–water partition coefficient (Wildman–Crippen LogP) is 5.21. The van der Waals surface area contributed by atoms with Gasteiger partial charge in [-0.1, -0.05) is 6.07 Å². The number of fused-ring (bicyclic) bond motifs is 1. The van der Waals surface area contributed by atoms with E-state index >= 15 is 0 Å². The van der Waals surface area contributed by atoms with Gasteiger partial charge in [0.2, 0.25) is 0 Å². The molecule has 1 aromatic carbocycles. The van der Waals surface area contributed by atoms with E-state index in [-0.39, 0.29) is 24.3 Å². The second kappa shape index (κ2) is 8.06. The zero-order valence-corrected chi connectivity index (χ0v) is 19.6. The molecule has 0 saturated carbocycles. The molecular weight excluding hydrogens is 402 g/mol. The molecule has 0 radical (unpaired) electrons. The number of aromatic nitrogens is 1. The first kappa shape index (κ1) is 22.3. The zero-order valence-electron chi connectivity index (χ0n) is 18.8. The molecule has 2 atom stereocenters. The number of carbonyl (C=O) groups is 2. The molecule has 1 fully saturated rings. The van der Waals surface area contributed by atoms with Crippen LogP contribution in [0.1, 0.15) is 60.1 Å². The van der Waals surface area contributed by atoms with Crippen LogP contribution in [0.3, 0.4) is 0 Å². The maximum Gasteiger partial charge on any atom is 0.410 e. The lowest BCUT2D eigenvalue weighted by Gasteiger charge is -2.45. The summed E-state index contributed by atoms with van der Waals surface area (Å²) in [6.07, 6.45) is -0.764. The Hall–Kier alpha value is -2.35. The minimum Gasteiger partial charge on any atom is -0.444 e. The number of carbonyl (C=O) groups excluding carboxylic acids is 2. The average molecular weight is 434 g/mol. The van der Waals surface area contributed by atoms with Gasteiger partial charge in [0.15, 0.2) is 0 Å². The molecule has 2 heterocycles. The summed E-state index contributed by atoms with van der Waals surface area (Å²) in [4.78, 5) is 33.7. The van der Waals surface area contributed by atoms with Crippen LogP contribution in [0, 0.1) is 0 Å². The summed E-state index contributed by atoms with van der Waals surface area (Å²) >= 11 is 1.57. The Morgan fingerprint density at radius 1 is 1.00 bits per heavy atom. The summed E-state index contributed by atoms with van der Waals surface area (Å²) in [6.45, 7) is 13.7. The van der Waals surface area contributed by atoms with Gasteiger partial charge in [0, 0.05) is 13.1 Å². The summed E-state index contributed by atoms with van der Waals surface area (Å²) in [7, 11) is 0. The molecule has 164 valence electrons. The van der Waals surface area contributed by atoms with Gasteiger partial charge in [0.05, 0.1) is 27.8 Å². The molecule has 0 aliphatic carbocycles. The predicted molar refractivity (Wildman–Crippen MR) is 118 cm³/mol. The summed E-state index contributed by atoms with van der Waals surface area (Å²) in [5, 5.41) is 0. The van der Waals surface area contributed by atoms with Crippen molar-refractivity contribution in [2.24, 2.45) is 0 Å². The molecule has 3 rings (SSSR count). The van der Waals surface area contributed by atoms with Gasteiger partial charge >= 0.3 is 12.2 Å². The number of hydrogen-bond donors (Lipinski definition) is 0. The van der Waals surface area contributed by atoms with Gasteiger partial charge in [-0.2, -0.15) is 0 Å². The average Bonchev–Trinajstić information content (AvgIpc) is 3.06. The van der Waals surface area contributed by atoms with Crippen LogP contribution in [-0.2, 0) is 9.47 Å². The van der Waals surface area contributed by atoms with Gasteiger partial charge in [-0.3, -0.25) is 4.90 Å². The van der Waals surface area contributed by atoms with E-state index in [1.165, 1.54) is 0 Å². The first-order chi connectivity index (χ1) is 13.8. The van der Waals surface area contributed by atoms with Crippen molar-refractivity contribution in [3.63, 3.8) is 0 Å². The van der Waals surface area contributed by atoms with E-state index in [0.29, 0.717) is 13.1 Å². The molecule has 30 heavy (non-hydrogen) atoms. The molecule has 1 saturated heterocycles. The summed E-state index contributed by atoms with van der Waals surface area (Å²) in [5.74, 6) is 0. The lowest BCUT2D eigenvalue weighted by molar-refractivity contribution is -0.0283. The first-order valence-electron chi connectivity index (χ1n) is 10.2. The number of rotatable bonds is 1. The summed E-state index contributed by atoms with van der Waals surface area (Å²) in [6, 6.07) is 5.43. The van der Waals surface area contributed by atoms with Crippen LogP contribution in [0.25, 0.3) is 10.2 Å². The number of piperazine rings is 1. The smallest absolute Gasteiger partial charge is 0.410 e. The van der Waals surface area contributed by atoms with E-state index in [4.69, 9.17) is 9.47 Å². The Bertz CT molecular complexity index is 928. The Kier molecular flexibility index (Phi) is 6.00. The SMILES string of the molecule is C[C@H]1CN(C(=O)OC(C)(C)C)C(c2ccc3scnc3c2)CN1C(=O)OC(C)(C)C. The van der Waals surface area contributed by atoms with E-state index in [1.54, 1.807) is 26.6 Å². The van der Waals surface area contributed by atoms with E-state index in [9.17, 15) is 9.59 Å². The Balaban J connectivity index is 1.94. The van der Waals surface area contributed by atoms with Gasteiger partial charge in [0.1, 0.15) is 11.2 Å². The van der Waals surface area contributed by atoms with Crippen molar-refractivity contribution in [1.82, 2.24) is 14.8 Å². The number of hydrogen-bond acceptors (Lipinski definition) is 6. The van der Waals surface area contributed by atoms with Gasteiger partial charge in [0.25, 0.3) is 0 Å². The number of amides is 2. The van der Waals surface area contributed by atoms with Gasteiger partial charge in [-0.05, 0) is 66.2 Å². The van der Waals surface area contributed by atoms with E-state index in [0.717, 1.165) is 15.8 Å². The zero-order chi connectivity index (χ0) is 22.3. The van der Waals surface area contributed by atoms with Gasteiger partial charge in [-0.25, -0.2) is 14.6 Å². The van der Waals surface area contributed by atoms with Crippen molar-refractivity contribution in [2.45, 2.75) is 71.8 Å². The third-order valence-electron chi connectivity index (χ3n) is 4.73. The molecule has 8 heteroatoms. The number of ether oxygens (including phenoxy) is 2. The standard InChI is InChI=1S/C22H31N3O4S/c1-14-11-25(20(27)29-22(5,6)7)17(12-24(14)19(26)28-21(2,3)4)15-8-9-18-16(10-15)23-13-30-18/h8-10,13-14,17H,11-12H2,1-7H3/t14-,17?/m0/s1. The van der Waals surface area contributed by atoms with Crippen LogP contribution in [0.5, 0.6) is 0 Å². The molecule has 2 aromatic rings. The molecular formula is C22H31N3O4S. The molecule has 1 unspecified atom stereocenters. The quantitative estimate of drug-likeness (QED) is 0.617. The van der Waals surface area contributed by atoms with Crippen LogP contribution in [0.15, 0.2) is 23.7 Å². The molecule has 1 aromatic heterocycles. The molecule has 1 aliphatic heterocycles. The number of benzene rings is 1. The number of nitrogens with zero attached hydrogens (tertiary/aromatic N) is 3. The van der Waals surface area contributed by atoms with Crippen molar-refractivity contribution in [3.05, 3.63) is 29.3 Å². The van der Waals surface area contributed by atoms with Crippen LogP contribution < -0.4 is 0 Å².